The second-order valence-electron chi connectivity index (χ2n) is 4.81. The van der Waals surface area contributed by atoms with Gasteiger partial charge in [0.1, 0.15) is 0 Å². The van der Waals surface area contributed by atoms with Crippen LogP contribution in [0.3, 0.4) is 0 Å². The molecule has 1 heterocycles. The number of carboxylic acid groups (broad SMARTS) is 1. The van der Waals surface area contributed by atoms with Gasteiger partial charge in [-0.2, -0.15) is 0 Å². The molecule has 1 aliphatic rings. The highest BCUT2D eigenvalue weighted by Gasteiger charge is 2.20. The highest BCUT2D eigenvalue weighted by molar-refractivity contribution is 9.10. The summed E-state index contributed by atoms with van der Waals surface area (Å²) in [4.78, 5) is 12.9. The van der Waals surface area contributed by atoms with Gasteiger partial charge in [0, 0.05) is 24.0 Å². The van der Waals surface area contributed by atoms with Crippen LogP contribution in [0.2, 0.25) is 0 Å². The van der Waals surface area contributed by atoms with Gasteiger partial charge < -0.3 is 10.0 Å². The number of benzene rings is 1. The van der Waals surface area contributed by atoms with Crippen LogP contribution in [0.4, 0.5) is 5.69 Å². The van der Waals surface area contributed by atoms with Crippen molar-refractivity contribution in [1.82, 2.24) is 0 Å². The standard InChI is InChI=1S/C14H18BrNO2/c15-12-3-1-2-4-13(12)16-9-7-11(8-10-16)5-6-14(17)18/h1-4,11H,5-10H2,(H,17,18). The molecule has 1 aliphatic heterocycles. The topological polar surface area (TPSA) is 40.5 Å². The van der Waals surface area contributed by atoms with Crippen molar-refractivity contribution in [1.29, 1.82) is 0 Å². The Balaban J connectivity index is 1.87. The maximum Gasteiger partial charge on any atom is 0.303 e. The van der Waals surface area contributed by atoms with Crippen LogP contribution in [0.25, 0.3) is 0 Å². The summed E-state index contributed by atoms with van der Waals surface area (Å²) in [5, 5.41) is 8.69. The van der Waals surface area contributed by atoms with Crippen molar-refractivity contribution in [3.05, 3.63) is 28.7 Å². The summed E-state index contributed by atoms with van der Waals surface area (Å²) in [6, 6.07) is 8.26. The third kappa shape index (κ3) is 3.48. The predicted octanol–water partition coefficient (Wildman–Crippen LogP) is 3.53. The monoisotopic (exact) mass is 311 g/mol. The van der Waals surface area contributed by atoms with Crippen molar-refractivity contribution in [2.45, 2.75) is 25.7 Å². The van der Waals surface area contributed by atoms with Gasteiger partial charge in [0.2, 0.25) is 0 Å². The Morgan fingerprint density at radius 3 is 2.61 bits per heavy atom. The summed E-state index contributed by atoms with van der Waals surface area (Å²) in [5.74, 6) is -0.108. The highest BCUT2D eigenvalue weighted by atomic mass is 79.9. The number of carboxylic acids is 1. The average Bonchev–Trinajstić information content (AvgIpc) is 2.38. The zero-order chi connectivity index (χ0) is 13.0. The van der Waals surface area contributed by atoms with Crippen LogP contribution < -0.4 is 4.90 Å². The summed E-state index contributed by atoms with van der Waals surface area (Å²) < 4.78 is 1.13. The summed E-state index contributed by atoms with van der Waals surface area (Å²) in [6.07, 6.45) is 3.31. The van der Waals surface area contributed by atoms with Crippen LogP contribution >= 0.6 is 15.9 Å². The number of halogens is 1. The van der Waals surface area contributed by atoms with E-state index < -0.39 is 5.97 Å². The molecule has 1 N–H and O–H groups in total. The predicted molar refractivity (Wildman–Crippen MR) is 75.9 cm³/mol. The van der Waals surface area contributed by atoms with Gasteiger partial charge in [-0.3, -0.25) is 4.79 Å². The molecule has 0 aliphatic carbocycles. The first-order valence-electron chi connectivity index (χ1n) is 6.38. The number of aliphatic carboxylic acids is 1. The number of anilines is 1. The van der Waals surface area contributed by atoms with E-state index in [1.165, 1.54) is 5.69 Å². The fourth-order valence-electron chi connectivity index (χ4n) is 2.50. The Kier molecular flexibility index (Phi) is 4.64. The summed E-state index contributed by atoms with van der Waals surface area (Å²) in [5.41, 5.74) is 1.24. The van der Waals surface area contributed by atoms with Crippen LogP contribution in [-0.2, 0) is 4.79 Å². The molecule has 1 fully saturated rings. The first kappa shape index (κ1) is 13.4. The number of piperidine rings is 1. The van der Waals surface area contributed by atoms with Crippen LogP contribution in [0.5, 0.6) is 0 Å². The summed E-state index contributed by atoms with van der Waals surface area (Å²) in [6.45, 7) is 2.04. The van der Waals surface area contributed by atoms with Gasteiger partial charge in [-0.15, -0.1) is 0 Å². The number of carbonyl (C=O) groups is 1. The van der Waals surface area contributed by atoms with Crippen molar-refractivity contribution in [3.8, 4) is 0 Å². The van der Waals surface area contributed by atoms with Crippen molar-refractivity contribution >= 4 is 27.6 Å². The fourth-order valence-corrected chi connectivity index (χ4v) is 3.03. The lowest BCUT2D eigenvalue weighted by atomic mass is 9.92. The fraction of sp³-hybridized carbons (Fsp3) is 0.500. The van der Waals surface area contributed by atoms with Gasteiger partial charge in [0.15, 0.2) is 0 Å². The Morgan fingerprint density at radius 1 is 1.33 bits per heavy atom. The smallest absolute Gasteiger partial charge is 0.303 e. The van der Waals surface area contributed by atoms with E-state index >= 15 is 0 Å². The molecule has 0 spiro atoms. The third-order valence-electron chi connectivity index (χ3n) is 3.57. The molecule has 4 heteroatoms. The van der Waals surface area contributed by atoms with E-state index in [4.69, 9.17) is 5.11 Å². The normalized spacial score (nSPS) is 16.8. The van der Waals surface area contributed by atoms with Crippen LogP contribution in [0.1, 0.15) is 25.7 Å². The maximum absolute atomic E-state index is 10.6. The van der Waals surface area contributed by atoms with Gasteiger partial charge in [0.25, 0.3) is 0 Å². The van der Waals surface area contributed by atoms with Crippen LogP contribution in [-0.4, -0.2) is 24.2 Å². The molecule has 98 valence electrons. The Morgan fingerprint density at radius 2 is 2.00 bits per heavy atom. The van der Waals surface area contributed by atoms with Gasteiger partial charge in [-0.1, -0.05) is 12.1 Å². The molecule has 1 saturated heterocycles. The molecule has 1 aromatic rings. The quantitative estimate of drug-likeness (QED) is 0.924. The number of rotatable bonds is 4. The van der Waals surface area contributed by atoms with E-state index in [0.29, 0.717) is 12.3 Å². The Hall–Kier alpha value is -1.03. The molecule has 18 heavy (non-hydrogen) atoms. The lowest BCUT2D eigenvalue weighted by Gasteiger charge is -2.34. The minimum atomic E-state index is -0.678. The molecule has 0 saturated carbocycles. The van der Waals surface area contributed by atoms with Gasteiger partial charge in [-0.25, -0.2) is 0 Å². The van der Waals surface area contributed by atoms with E-state index in [2.05, 4.69) is 39.0 Å². The van der Waals surface area contributed by atoms with E-state index in [1.807, 2.05) is 6.07 Å². The average molecular weight is 312 g/mol. The molecule has 0 radical (unpaired) electrons. The van der Waals surface area contributed by atoms with E-state index in [1.54, 1.807) is 0 Å². The van der Waals surface area contributed by atoms with Crippen molar-refractivity contribution in [2.24, 2.45) is 5.92 Å². The lowest BCUT2D eigenvalue weighted by Crippen LogP contribution is -2.34. The van der Waals surface area contributed by atoms with Gasteiger partial charge >= 0.3 is 5.97 Å². The second-order valence-corrected chi connectivity index (χ2v) is 5.67. The van der Waals surface area contributed by atoms with E-state index in [9.17, 15) is 4.79 Å². The molecule has 0 atom stereocenters. The zero-order valence-electron chi connectivity index (χ0n) is 10.3. The van der Waals surface area contributed by atoms with E-state index in [0.717, 1.165) is 36.8 Å². The van der Waals surface area contributed by atoms with Crippen molar-refractivity contribution in [2.75, 3.05) is 18.0 Å². The molecular formula is C14H18BrNO2. The van der Waals surface area contributed by atoms with Crippen LogP contribution in [0, 0.1) is 5.92 Å². The molecule has 0 aromatic heterocycles. The summed E-state index contributed by atoms with van der Waals surface area (Å²) in [7, 11) is 0. The van der Waals surface area contributed by atoms with Gasteiger partial charge in [0.05, 0.1) is 5.69 Å². The SMILES string of the molecule is O=C(O)CCC1CCN(c2ccccc2Br)CC1. The van der Waals surface area contributed by atoms with Crippen molar-refractivity contribution < 1.29 is 9.90 Å². The molecule has 1 aromatic carbocycles. The summed E-state index contributed by atoms with van der Waals surface area (Å²) >= 11 is 3.58. The zero-order valence-corrected chi connectivity index (χ0v) is 11.9. The Bertz CT molecular complexity index is 414. The Labute approximate surface area is 116 Å². The molecule has 0 bridgehead atoms. The number of hydrogen-bond donors (Lipinski definition) is 1. The molecular weight excluding hydrogens is 294 g/mol. The number of para-hydroxylation sites is 1. The molecule has 0 unspecified atom stereocenters. The number of nitrogens with zero attached hydrogens (tertiary/aromatic N) is 1. The minimum absolute atomic E-state index is 0.305. The maximum atomic E-state index is 10.6. The first-order chi connectivity index (χ1) is 8.66. The number of hydrogen-bond acceptors (Lipinski definition) is 2. The molecule has 0 amide bonds. The van der Waals surface area contributed by atoms with E-state index in [-0.39, 0.29) is 0 Å². The first-order valence-corrected chi connectivity index (χ1v) is 7.17. The second kappa shape index (κ2) is 6.23. The van der Waals surface area contributed by atoms with Gasteiger partial charge in [-0.05, 0) is 53.2 Å². The largest absolute Gasteiger partial charge is 0.481 e. The molecule has 2 rings (SSSR count). The highest BCUT2D eigenvalue weighted by Crippen LogP contribution is 2.30. The van der Waals surface area contributed by atoms with Crippen molar-refractivity contribution in [3.63, 3.8) is 0 Å². The third-order valence-corrected chi connectivity index (χ3v) is 4.24. The minimum Gasteiger partial charge on any atom is -0.481 e. The van der Waals surface area contributed by atoms with Crippen LogP contribution in [0.15, 0.2) is 28.7 Å². The lowest BCUT2D eigenvalue weighted by molar-refractivity contribution is -0.137. The molecule has 3 nitrogen and oxygen atoms in total.